The molecule has 0 saturated carbocycles. The van der Waals surface area contributed by atoms with Crippen molar-refractivity contribution < 1.29 is 4.92 Å². The molecule has 0 spiro atoms. The summed E-state index contributed by atoms with van der Waals surface area (Å²) in [4.78, 5) is 17.7. The average molecular weight is 285 g/mol. The second kappa shape index (κ2) is 6.38. The first kappa shape index (κ1) is 15.2. The summed E-state index contributed by atoms with van der Waals surface area (Å²) in [5, 5.41) is 11.1. The van der Waals surface area contributed by atoms with Crippen LogP contribution in [0.5, 0.6) is 0 Å². The lowest BCUT2D eigenvalue weighted by atomic mass is 10.1. The Bertz CT molecular complexity index is 473. The predicted molar refractivity (Wildman–Crippen MR) is 74.2 cm³/mol. The van der Waals surface area contributed by atoms with Gasteiger partial charge in [-0.25, -0.2) is 4.98 Å². The van der Waals surface area contributed by atoms with E-state index in [1.807, 2.05) is 17.9 Å². The lowest BCUT2D eigenvalue weighted by Crippen LogP contribution is -2.31. The minimum absolute atomic E-state index is 0.0571. The number of nitrogens with zero attached hydrogens (tertiary/aromatic N) is 4. The highest BCUT2D eigenvalue weighted by Crippen LogP contribution is 2.23. The minimum Gasteiger partial charge on any atom is -0.359 e. The minimum atomic E-state index is -0.460. The van der Waals surface area contributed by atoms with Crippen LogP contribution in [0.4, 0.5) is 0 Å². The standard InChI is InChI=1S/C12H17ClN4O2/c1-9(10-5-6-11(13)14-7-10)16(4)12(15(2)3)8-17(18)19/h5-9H,1-4H3/b12-8+. The number of nitro groups is 1. The predicted octanol–water partition coefficient (Wildman–Crippen LogP) is 2.37. The van der Waals surface area contributed by atoms with Crippen LogP contribution < -0.4 is 0 Å². The van der Waals surface area contributed by atoms with E-state index in [2.05, 4.69) is 4.98 Å². The highest BCUT2D eigenvalue weighted by molar-refractivity contribution is 6.29. The summed E-state index contributed by atoms with van der Waals surface area (Å²) in [6.07, 6.45) is 2.66. The number of hydrogen-bond acceptors (Lipinski definition) is 5. The molecule has 1 heterocycles. The Morgan fingerprint density at radius 2 is 2.11 bits per heavy atom. The summed E-state index contributed by atoms with van der Waals surface area (Å²) < 4.78 is 0. The maximum absolute atomic E-state index is 10.7. The topological polar surface area (TPSA) is 62.5 Å². The first-order valence-corrected chi connectivity index (χ1v) is 6.07. The molecule has 1 rings (SSSR count). The zero-order valence-electron chi connectivity index (χ0n) is 11.4. The first-order chi connectivity index (χ1) is 8.82. The van der Waals surface area contributed by atoms with Gasteiger partial charge in [-0.05, 0) is 18.6 Å². The fourth-order valence-corrected chi connectivity index (χ4v) is 1.78. The largest absolute Gasteiger partial charge is 0.359 e. The summed E-state index contributed by atoms with van der Waals surface area (Å²) in [6, 6.07) is 3.50. The van der Waals surface area contributed by atoms with Crippen molar-refractivity contribution in [3.05, 3.63) is 51.2 Å². The van der Waals surface area contributed by atoms with Gasteiger partial charge in [0, 0.05) is 27.3 Å². The summed E-state index contributed by atoms with van der Waals surface area (Å²) in [5.41, 5.74) is 0.933. The molecule has 0 radical (unpaired) electrons. The van der Waals surface area contributed by atoms with Gasteiger partial charge in [-0.15, -0.1) is 0 Å². The molecule has 1 atom stereocenters. The van der Waals surface area contributed by atoms with Crippen molar-refractivity contribution in [1.29, 1.82) is 0 Å². The van der Waals surface area contributed by atoms with E-state index in [9.17, 15) is 10.1 Å². The van der Waals surface area contributed by atoms with E-state index in [0.717, 1.165) is 11.8 Å². The molecule has 0 bridgehead atoms. The van der Waals surface area contributed by atoms with Gasteiger partial charge < -0.3 is 9.80 Å². The van der Waals surface area contributed by atoms with Gasteiger partial charge in [-0.1, -0.05) is 17.7 Å². The van der Waals surface area contributed by atoms with Crippen molar-refractivity contribution in [1.82, 2.24) is 14.8 Å². The monoisotopic (exact) mass is 284 g/mol. The molecule has 7 heteroatoms. The van der Waals surface area contributed by atoms with Crippen LogP contribution >= 0.6 is 11.6 Å². The third kappa shape index (κ3) is 4.10. The van der Waals surface area contributed by atoms with E-state index in [1.54, 1.807) is 38.3 Å². The summed E-state index contributed by atoms with van der Waals surface area (Å²) >= 11 is 5.74. The Morgan fingerprint density at radius 1 is 1.47 bits per heavy atom. The van der Waals surface area contributed by atoms with Gasteiger partial charge >= 0.3 is 0 Å². The fraction of sp³-hybridized carbons (Fsp3) is 0.417. The van der Waals surface area contributed by atoms with Crippen molar-refractivity contribution in [2.75, 3.05) is 21.1 Å². The molecular formula is C12H17ClN4O2. The summed E-state index contributed by atoms with van der Waals surface area (Å²) in [5.74, 6) is 0.507. The lowest BCUT2D eigenvalue weighted by molar-refractivity contribution is -0.405. The maximum Gasteiger partial charge on any atom is 0.274 e. The molecular weight excluding hydrogens is 268 g/mol. The highest BCUT2D eigenvalue weighted by Gasteiger charge is 2.19. The van der Waals surface area contributed by atoms with Crippen LogP contribution in [-0.4, -0.2) is 40.9 Å². The molecule has 19 heavy (non-hydrogen) atoms. The average Bonchev–Trinajstić information content (AvgIpc) is 2.34. The summed E-state index contributed by atoms with van der Waals surface area (Å²) in [7, 11) is 5.33. The zero-order valence-corrected chi connectivity index (χ0v) is 12.1. The van der Waals surface area contributed by atoms with Crippen molar-refractivity contribution in [2.24, 2.45) is 0 Å². The van der Waals surface area contributed by atoms with Crippen molar-refractivity contribution in [2.45, 2.75) is 13.0 Å². The Hall–Kier alpha value is -1.82. The van der Waals surface area contributed by atoms with Crippen molar-refractivity contribution in [3.8, 4) is 0 Å². The van der Waals surface area contributed by atoms with Gasteiger partial charge in [-0.2, -0.15) is 0 Å². The Morgan fingerprint density at radius 3 is 2.53 bits per heavy atom. The van der Waals surface area contributed by atoms with Crippen LogP contribution in [0.3, 0.4) is 0 Å². The van der Waals surface area contributed by atoms with Crippen molar-refractivity contribution >= 4 is 11.6 Å². The molecule has 0 fully saturated rings. The summed E-state index contributed by atoms with van der Waals surface area (Å²) in [6.45, 7) is 1.95. The molecule has 0 amide bonds. The molecule has 0 aliphatic heterocycles. The van der Waals surface area contributed by atoms with E-state index in [-0.39, 0.29) is 6.04 Å². The second-order valence-electron chi connectivity index (χ2n) is 4.37. The van der Waals surface area contributed by atoms with Crippen LogP contribution in [0.15, 0.2) is 30.4 Å². The SMILES string of the molecule is CC(c1ccc(Cl)nc1)N(C)/C(=C/[N+](=O)[O-])N(C)C. The van der Waals surface area contributed by atoms with Crippen LogP contribution in [0.2, 0.25) is 5.15 Å². The smallest absolute Gasteiger partial charge is 0.274 e. The fourth-order valence-electron chi connectivity index (χ4n) is 1.67. The molecule has 1 unspecified atom stereocenters. The van der Waals surface area contributed by atoms with Gasteiger partial charge in [0.1, 0.15) is 5.15 Å². The molecule has 0 N–H and O–H groups in total. The van der Waals surface area contributed by atoms with Crippen LogP contribution in [-0.2, 0) is 0 Å². The van der Waals surface area contributed by atoms with E-state index in [0.29, 0.717) is 11.0 Å². The second-order valence-corrected chi connectivity index (χ2v) is 4.76. The number of aromatic nitrogens is 1. The molecule has 104 valence electrons. The van der Waals surface area contributed by atoms with Gasteiger partial charge in [0.05, 0.1) is 11.0 Å². The molecule has 0 saturated heterocycles. The Balaban J connectivity index is 2.99. The number of rotatable bonds is 5. The third-order valence-electron chi connectivity index (χ3n) is 2.85. The Labute approximate surface area is 117 Å². The van der Waals surface area contributed by atoms with Gasteiger partial charge in [0.25, 0.3) is 6.20 Å². The molecule has 0 aliphatic carbocycles. The van der Waals surface area contributed by atoms with E-state index < -0.39 is 4.92 Å². The first-order valence-electron chi connectivity index (χ1n) is 5.70. The number of halogens is 1. The van der Waals surface area contributed by atoms with E-state index in [4.69, 9.17) is 11.6 Å². The van der Waals surface area contributed by atoms with Crippen LogP contribution in [0.25, 0.3) is 0 Å². The van der Waals surface area contributed by atoms with Crippen molar-refractivity contribution in [3.63, 3.8) is 0 Å². The third-order valence-corrected chi connectivity index (χ3v) is 3.08. The normalized spacial score (nSPS) is 13.0. The molecule has 1 aromatic rings. The molecule has 6 nitrogen and oxygen atoms in total. The van der Waals surface area contributed by atoms with E-state index >= 15 is 0 Å². The van der Waals surface area contributed by atoms with Crippen LogP contribution in [0, 0.1) is 10.1 Å². The zero-order chi connectivity index (χ0) is 14.6. The number of hydrogen-bond donors (Lipinski definition) is 0. The maximum atomic E-state index is 10.7. The molecule has 0 aromatic carbocycles. The molecule has 0 aliphatic rings. The lowest BCUT2D eigenvalue weighted by Gasteiger charge is -2.31. The quantitative estimate of drug-likeness (QED) is 0.472. The van der Waals surface area contributed by atoms with E-state index in [1.165, 1.54) is 0 Å². The van der Waals surface area contributed by atoms with Crippen LogP contribution in [0.1, 0.15) is 18.5 Å². The molecule has 1 aromatic heterocycles. The van der Waals surface area contributed by atoms with Gasteiger partial charge in [0.15, 0.2) is 5.82 Å². The highest BCUT2D eigenvalue weighted by atomic mass is 35.5. The van der Waals surface area contributed by atoms with Gasteiger partial charge in [-0.3, -0.25) is 10.1 Å². The Kier molecular flexibility index (Phi) is 5.11. The van der Waals surface area contributed by atoms with Gasteiger partial charge in [0.2, 0.25) is 0 Å². The number of pyridine rings is 1.